The van der Waals surface area contributed by atoms with Gasteiger partial charge in [0.05, 0.1) is 5.92 Å². The highest BCUT2D eigenvalue weighted by Crippen LogP contribution is 2.27. The molecule has 2 N–H and O–H groups in total. The van der Waals surface area contributed by atoms with E-state index in [4.69, 9.17) is 11.6 Å². The van der Waals surface area contributed by atoms with Crippen molar-refractivity contribution in [1.29, 1.82) is 0 Å². The Hall–Kier alpha value is -1.65. The molecule has 5 heteroatoms. The molecule has 2 aromatic rings. The first-order valence-electron chi connectivity index (χ1n) is 7.30. The van der Waals surface area contributed by atoms with Crippen LogP contribution in [0.3, 0.4) is 0 Å². The number of carbonyl (C=O) groups is 1. The molecule has 0 spiro atoms. The number of carbonyl (C=O) groups excluding carboxylic acids is 1. The van der Waals surface area contributed by atoms with Crippen molar-refractivity contribution in [1.82, 2.24) is 10.3 Å². The van der Waals surface area contributed by atoms with Gasteiger partial charge >= 0.3 is 0 Å². The van der Waals surface area contributed by atoms with Gasteiger partial charge in [-0.2, -0.15) is 0 Å². The Morgan fingerprint density at radius 1 is 1.33 bits per heavy atom. The lowest BCUT2D eigenvalue weighted by molar-refractivity contribution is -0.119. The van der Waals surface area contributed by atoms with Crippen molar-refractivity contribution in [2.75, 3.05) is 18.4 Å². The van der Waals surface area contributed by atoms with Crippen molar-refractivity contribution < 1.29 is 4.79 Å². The van der Waals surface area contributed by atoms with Gasteiger partial charge in [-0.15, -0.1) is 0 Å². The number of aromatic nitrogens is 1. The Bertz CT molecular complexity index is 624. The number of nitrogens with one attached hydrogen (secondary N) is 2. The molecule has 4 nitrogen and oxygen atoms in total. The van der Waals surface area contributed by atoms with Crippen molar-refractivity contribution in [2.24, 2.45) is 5.92 Å². The van der Waals surface area contributed by atoms with E-state index in [1.165, 1.54) is 0 Å². The topological polar surface area (TPSA) is 54.0 Å². The van der Waals surface area contributed by atoms with Gasteiger partial charge in [0, 0.05) is 29.2 Å². The molecule has 0 radical (unpaired) electrons. The maximum absolute atomic E-state index is 12.1. The number of pyridine rings is 1. The van der Waals surface area contributed by atoms with Gasteiger partial charge in [0.25, 0.3) is 0 Å². The van der Waals surface area contributed by atoms with Gasteiger partial charge in [0.15, 0.2) is 0 Å². The van der Waals surface area contributed by atoms with Crippen LogP contribution >= 0.6 is 11.6 Å². The molecule has 1 aliphatic rings. The minimum absolute atomic E-state index is 0.0487. The number of anilines is 1. The summed E-state index contributed by atoms with van der Waals surface area (Å²) in [6.45, 7) is 5.66. The van der Waals surface area contributed by atoms with Gasteiger partial charge < -0.3 is 10.6 Å². The fourth-order valence-corrected chi connectivity index (χ4v) is 2.61. The Kier molecular flexibility index (Phi) is 5.53. The van der Waals surface area contributed by atoms with Gasteiger partial charge in [-0.1, -0.05) is 37.6 Å². The molecule has 1 amide bonds. The molecule has 1 saturated heterocycles. The third kappa shape index (κ3) is 3.52. The highest BCUT2D eigenvalue weighted by Gasteiger charge is 2.22. The minimum atomic E-state index is 0.0487. The van der Waals surface area contributed by atoms with E-state index in [-0.39, 0.29) is 11.8 Å². The predicted molar refractivity (Wildman–Crippen MR) is 87.7 cm³/mol. The average Bonchev–Trinajstić information content (AvgIpc) is 3.05. The zero-order valence-electron chi connectivity index (χ0n) is 12.3. The highest BCUT2D eigenvalue weighted by molar-refractivity contribution is 6.34. The third-order valence-electron chi connectivity index (χ3n) is 3.45. The fourth-order valence-electron chi connectivity index (χ4n) is 2.39. The molecule has 21 heavy (non-hydrogen) atoms. The lowest BCUT2D eigenvalue weighted by atomic mass is 10.1. The number of rotatable bonds is 2. The second-order valence-corrected chi connectivity index (χ2v) is 5.04. The van der Waals surface area contributed by atoms with Crippen LogP contribution in [0, 0.1) is 5.92 Å². The van der Waals surface area contributed by atoms with Crippen LogP contribution < -0.4 is 10.6 Å². The number of nitrogens with zero attached hydrogens (tertiary/aromatic N) is 1. The summed E-state index contributed by atoms with van der Waals surface area (Å²) >= 11 is 6.06. The Balaban J connectivity index is 0.000000774. The lowest BCUT2D eigenvalue weighted by Gasteiger charge is -2.12. The Morgan fingerprint density at radius 3 is 2.86 bits per heavy atom. The van der Waals surface area contributed by atoms with Crippen LogP contribution in [-0.4, -0.2) is 24.0 Å². The molecule has 0 unspecified atom stereocenters. The average molecular weight is 306 g/mol. The summed E-state index contributed by atoms with van der Waals surface area (Å²) in [6, 6.07) is 7.53. The predicted octanol–water partition coefficient (Wildman–Crippen LogP) is 3.46. The molecule has 112 valence electrons. The van der Waals surface area contributed by atoms with Gasteiger partial charge in [0.2, 0.25) is 5.91 Å². The van der Waals surface area contributed by atoms with E-state index >= 15 is 0 Å². The molecule has 1 atom stereocenters. The van der Waals surface area contributed by atoms with Gasteiger partial charge in [-0.05, 0) is 25.1 Å². The lowest BCUT2D eigenvalue weighted by Crippen LogP contribution is -2.24. The van der Waals surface area contributed by atoms with Crippen LogP contribution in [0.25, 0.3) is 10.8 Å². The molecule has 1 fully saturated rings. The summed E-state index contributed by atoms with van der Waals surface area (Å²) in [6.07, 6.45) is 2.54. The Labute approximate surface area is 129 Å². The summed E-state index contributed by atoms with van der Waals surface area (Å²) < 4.78 is 0. The molecular weight excluding hydrogens is 286 g/mol. The second-order valence-electron chi connectivity index (χ2n) is 4.68. The van der Waals surface area contributed by atoms with E-state index in [9.17, 15) is 4.79 Å². The van der Waals surface area contributed by atoms with Crippen LogP contribution in [0.15, 0.2) is 30.5 Å². The van der Waals surface area contributed by atoms with Crippen LogP contribution in [0.2, 0.25) is 5.15 Å². The molecule has 0 bridgehead atoms. The van der Waals surface area contributed by atoms with E-state index in [1.54, 1.807) is 6.20 Å². The van der Waals surface area contributed by atoms with Crippen molar-refractivity contribution in [3.8, 4) is 0 Å². The van der Waals surface area contributed by atoms with E-state index in [2.05, 4.69) is 15.6 Å². The van der Waals surface area contributed by atoms with Crippen LogP contribution in [0.1, 0.15) is 20.3 Å². The summed E-state index contributed by atoms with van der Waals surface area (Å²) in [5, 5.41) is 8.41. The number of amides is 1. The van der Waals surface area contributed by atoms with Crippen LogP contribution in [0.5, 0.6) is 0 Å². The van der Waals surface area contributed by atoms with E-state index < -0.39 is 0 Å². The number of hydrogen-bond acceptors (Lipinski definition) is 3. The van der Waals surface area contributed by atoms with Gasteiger partial charge in [-0.3, -0.25) is 4.79 Å². The number of halogens is 1. The Morgan fingerprint density at radius 2 is 2.14 bits per heavy atom. The quantitative estimate of drug-likeness (QED) is 0.835. The third-order valence-corrected chi connectivity index (χ3v) is 3.75. The van der Waals surface area contributed by atoms with Crippen LogP contribution in [0.4, 0.5) is 5.69 Å². The molecule has 1 aliphatic heterocycles. The van der Waals surface area contributed by atoms with E-state index in [0.29, 0.717) is 5.15 Å². The zero-order valence-corrected chi connectivity index (χ0v) is 13.1. The first-order chi connectivity index (χ1) is 10.3. The van der Waals surface area contributed by atoms with Crippen molar-refractivity contribution in [3.05, 3.63) is 35.6 Å². The first-order valence-corrected chi connectivity index (χ1v) is 7.68. The minimum Gasteiger partial charge on any atom is -0.325 e. The standard InChI is InChI=1S/C14H14ClN3O.C2H6/c15-13-11-2-1-3-12(10(11)5-7-17-13)18-14(19)9-4-6-16-8-9;1-2/h1-3,5,7,9,16H,4,6,8H2,(H,18,19);1-2H3/t9-;/m1./s1. The van der Waals surface area contributed by atoms with Crippen molar-refractivity contribution in [2.45, 2.75) is 20.3 Å². The van der Waals surface area contributed by atoms with Gasteiger partial charge in [0.1, 0.15) is 5.15 Å². The highest BCUT2D eigenvalue weighted by atomic mass is 35.5. The second kappa shape index (κ2) is 7.38. The van der Waals surface area contributed by atoms with Crippen molar-refractivity contribution >= 4 is 34.0 Å². The summed E-state index contributed by atoms with van der Waals surface area (Å²) in [7, 11) is 0. The summed E-state index contributed by atoms with van der Waals surface area (Å²) in [5.41, 5.74) is 0.790. The fraction of sp³-hybridized carbons (Fsp3) is 0.375. The first kappa shape index (κ1) is 15.7. The van der Waals surface area contributed by atoms with Gasteiger partial charge in [-0.25, -0.2) is 4.98 Å². The number of fused-ring (bicyclic) bond motifs is 1. The maximum Gasteiger partial charge on any atom is 0.228 e. The normalized spacial score (nSPS) is 17.2. The smallest absolute Gasteiger partial charge is 0.228 e. The molecule has 1 aromatic heterocycles. The van der Waals surface area contributed by atoms with E-state index in [1.807, 2.05) is 38.1 Å². The molecule has 2 heterocycles. The SMILES string of the molecule is CC.O=C(Nc1cccc2c(Cl)nccc12)[C@@H]1CCNC1. The maximum atomic E-state index is 12.1. The van der Waals surface area contributed by atoms with Crippen LogP contribution in [-0.2, 0) is 4.79 Å². The van der Waals surface area contributed by atoms with E-state index in [0.717, 1.165) is 36.0 Å². The molecule has 3 rings (SSSR count). The largest absolute Gasteiger partial charge is 0.325 e. The number of hydrogen-bond donors (Lipinski definition) is 2. The van der Waals surface area contributed by atoms with Crippen molar-refractivity contribution in [3.63, 3.8) is 0 Å². The monoisotopic (exact) mass is 305 g/mol. The zero-order chi connectivity index (χ0) is 15.2. The molecule has 0 saturated carbocycles. The number of benzene rings is 1. The molecule has 0 aliphatic carbocycles. The molecule has 1 aromatic carbocycles. The summed E-state index contributed by atoms with van der Waals surface area (Å²) in [4.78, 5) is 16.2. The molecular formula is C16H20ClN3O. The summed E-state index contributed by atoms with van der Waals surface area (Å²) in [5.74, 6) is 0.109.